The molecule has 1 aliphatic heterocycles. The molecule has 1 aliphatic rings. The van der Waals surface area contributed by atoms with E-state index in [1.54, 1.807) is 12.1 Å². The first-order valence-corrected chi connectivity index (χ1v) is 9.59. The van der Waals surface area contributed by atoms with Crippen molar-refractivity contribution < 1.29 is 17.9 Å². The summed E-state index contributed by atoms with van der Waals surface area (Å²) in [6.07, 6.45) is 0.760. The number of hydrogen-bond donors (Lipinski definition) is 0. The molecule has 0 aromatic heterocycles. The number of anilines is 1. The van der Waals surface area contributed by atoms with E-state index in [0.29, 0.717) is 18.0 Å². The zero-order valence-corrected chi connectivity index (χ0v) is 15.8. The van der Waals surface area contributed by atoms with E-state index in [0.717, 1.165) is 17.7 Å². The maximum atomic E-state index is 13.3. The highest BCUT2D eigenvalue weighted by atomic mass is 32.2. The van der Waals surface area contributed by atoms with Crippen LogP contribution < -0.4 is 13.8 Å². The molecule has 0 saturated heterocycles. The third-order valence-electron chi connectivity index (χ3n) is 4.78. The highest BCUT2D eigenvalue weighted by Gasteiger charge is 2.36. The standard InChI is InChI=1S/C19H23NO4S/c1-19(2)11-12-20(16-8-6-5-7-15(16)19)25(21,22)14-9-10-17(23-3)18(13-14)24-4/h5-10,13H,11-12H2,1-4H3. The molecule has 134 valence electrons. The topological polar surface area (TPSA) is 55.8 Å². The van der Waals surface area contributed by atoms with Crippen molar-refractivity contribution in [1.82, 2.24) is 0 Å². The molecule has 0 unspecified atom stereocenters. The number of benzene rings is 2. The molecule has 25 heavy (non-hydrogen) atoms. The molecule has 5 nitrogen and oxygen atoms in total. The zero-order valence-electron chi connectivity index (χ0n) is 14.9. The SMILES string of the molecule is COc1ccc(S(=O)(=O)N2CCC(C)(C)c3ccccc32)cc1OC. The molecule has 0 N–H and O–H groups in total. The highest BCUT2D eigenvalue weighted by molar-refractivity contribution is 7.92. The molecule has 0 spiro atoms. The first-order valence-electron chi connectivity index (χ1n) is 8.15. The van der Waals surface area contributed by atoms with Crippen molar-refractivity contribution >= 4 is 15.7 Å². The average molecular weight is 361 g/mol. The van der Waals surface area contributed by atoms with E-state index in [-0.39, 0.29) is 10.3 Å². The number of methoxy groups -OCH3 is 2. The molecule has 0 saturated carbocycles. The smallest absolute Gasteiger partial charge is 0.264 e. The minimum atomic E-state index is -3.69. The molecule has 3 rings (SSSR count). The molecule has 0 radical (unpaired) electrons. The Morgan fingerprint density at radius 3 is 2.36 bits per heavy atom. The van der Waals surface area contributed by atoms with Gasteiger partial charge in [0.1, 0.15) is 0 Å². The van der Waals surface area contributed by atoms with Gasteiger partial charge in [0.25, 0.3) is 10.0 Å². The first kappa shape index (κ1) is 17.6. The van der Waals surface area contributed by atoms with Gasteiger partial charge in [-0.2, -0.15) is 0 Å². The summed E-state index contributed by atoms with van der Waals surface area (Å²) in [5, 5.41) is 0. The van der Waals surface area contributed by atoms with Crippen LogP contribution >= 0.6 is 0 Å². The molecule has 1 heterocycles. The van der Waals surface area contributed by atoms with E-state index in [1.807, 2.05) is 24.3 Å². The van der Waals surface area contributed by atoms with Gasteiger partial charge in [0, 0.05) is 12.6 Å². The second-order valence-corrected chi connectivity index (χ2v) is 8.61. The van der Waals surface area contributed by atoms with Crippen LogP contribution in [0.5, 0.6) is 11.5 Å². The summed E-state index contributed by atoms with van der Waals surface area (Å²) in [6, 6.07) is 12.4. The lowest BCUT2D eigenvalue weighted by molar-refractivity contribution is 0.354. The fourth-order valence-corrected chi connectivity index (χ4v) is 4.75. The second kappa shape index (κ2) is 6.26. The summed E-state index contributed by atoms with van der Waals surface area (Å²) < 4.78 is 38.5. The van der Waals surface area contributed by atoms with Crippen molar-refractivity contribution in [3.63, 3.8) is 0 Å². The van der Waals surface area contributed by atoms with Gasteiger partial charge in [-0.3, -0.25) is 4.31 Å². The van der Waals surface area contributed by atoms with Crippen LogP contribution in [0.1, 0.15) is 25.8 Å². The van der Waals surface area contributed by atoms with Crippen molar-refractivity contribution in [1.29, 1.82) is 0 Å². The van der Waals surface area contributed by atoms with Crippen LogP contribution in [0.4, 0.5) is 5.69 Å². The molecule has 2 aromatic carbocycles. The quantitative estimate of drug-likeness (QED) is 0.835. The number of ether oxygens (including phenoxy) is 2. The maximum Gasteiger partial charge on any atom is 0.264 e. The lowest BCUT2D eigenvalue weighted by atomic mass is 9.78. The van der Waals surface area contributed by atoms with Gasteiger partial charge >= 0.3 is 0 Å². The number of para-hydroxylation sites is 1. The molecule has 6 heteroatoms. The first-order chi connectivity index (χ1) is 11.8. The van der Waals surface area contributed by atoms with E-state index in [2.05, 4.69) is 13.8 Å². The van der Waals surface area contributed by atoms with Crippen LogP contribution in [0.2, 0.25) is 0 Å². The maximum absolute atomic E-state index is 13.3. The largest absolute Gasteiger partial charge is 0.493 e. The number of hydrogen-bond acceptors (Lipinski definition) is 4. The summed E-state index contributed by atoms with van der Waals surface area (Å²) in [4.78, 5) is 0.194. The highest BCUT2D eigenvalue weighted by Crippen LogP contribution is 2.42. The van der Waals surface area contributed by atoms with Gasteiger partial charge in [-0.1, -0.05) is 32.0 Å². The Kier molecular flexibility index (Phi) is 4.41. The third-order valence-corrected chi connectivity index (χ3v) is 6.59. The molecular weight excluding hydrogens is 338 g/mol. The minimum Gasteiger partial charge on any atom is -0.493 e. The van der Waals surface area contributed by atoms with Gasteiger partial charge in [-0.25, -0.2) is 8.42 Å². The summed E-state index contributed by atoms with van der Waals surface area (Å²) in [6.45, 7) is 4.74. The molecule has 0 fully saturated rings. The van der Waals surface area contributed by atoms with E-state index in [4.69, 9.17) is 9.47 Å². The fourth-order valence-electron chi connectivity index (χ4n) is 3.25. The van der Waals surface area contributed by atoms with Gasteiger partial charge < -0.3 is 9.47 Å². The number of fused-ring (bicyclic) bond motifs is 1. The second-order valence-electron chi connectivity index (χ2n) is 6.74. The van der Waals surface area contributed by atoms with Crippen LogP contribution in [0.25, 0.3) is 0 Å². The van der Waals surface area contributed by atoms with E-state index in [1.165, 1.54) is 24.6 Å². The Labute approximate surface area is 149 Å². The Morgan fingerprint density at radius 1 is 1.00 bits per heavy atom. The van der Waals surface area contributed by atoms with Crippen LogP contribution in [-0.2, 0) is 15.4 Å². The van der Waals surface area contributed by atoms with Crippen LogP contribution in [0, 0.1) is 0 Å². The zero-order chi connectivity index (χ0) is 18.2. The van der Waals surface area contributed by atoms with Crippen molar-refractivity contribution in [3.05, 3.63) is 48.0 Å². The van der Waals surface area contributed by atoms with Gasteiger partial charge in [-0.05, 0) is 35.6 Å². The molecule has 0 atom stereocenters. The Hall–Kier alpha value is -2.21. The number of rotatable bonds is 4. The lowest BCUT2D eigenvalue weighted by Crippen LogP contribution is -2.41. The van der Waals surface area contributed by atoms with E-state index < -0.39 is 10.0 Å². The average Bonchev–Trinajstić information content (AvgIpc) is 2.61. The summed E-state index contributed by atoms with van der Waals surface area (Å²) in [5.41, 5.74) is 1.74. The van der Waals surface area contributed by atoms with Gasteiger partial charge in [0.2, 0.25) is 0 Å². The van der Waals surface area contributed by atoms with Crippen molar-refractivity contribution in [2.75, 3.05) is 25.1 Å². The van der Waals surface area contributed by atoms with Crippen LogP contribution in [0.15, 0.2) is 47.4 Å². The van der Waals surface area contributed by atoms with Crippen LogP contribution in [-0.4, -0.2) is 29.2 Å². The van der Waals surface area contributed by atoms with Gasteiger partial charge in [-0.15, -0.1) is 0 Å². The molecular formula is C19H23NO4S. The molecule has 0 bridgehead atoms. The Bertz CT molecular complexity index is 890. The van der Waals surface area contributed by atoms with Gasteiger partial charge in [0.05, 0.1) is 24.8 Å². The normalized spacial score (nSPS) is 16.2. The van der Waals surface area contributed by atoms with Crippen molar-refractivity contribution in [2.24, 2.45) is 0 Å². The summed E-state index contributed by atoms with van der Waals surface area (Å²) in [5.74, 6) is 0.899. The predicted octanol–water partition coefficient (Wildman–Crippen LogP) is 3.58. The monoisotopic (exact) mass is 361 g/mol. The van der Waals surface area contributed by atoms with Crippen molar-refractivity contribution in [3.8, 4) is 11.5 Å². The third kappa shape index (κ3) is 2.95. The fraction of sp³-hybridized carbons (Fsp3) is 0.368. The number of sulfonamides is 1. The Morgan fingerprint density at radius 2 is 1.68 bits per heavy atom. The molecule has 0 aliphatic carbocycles. The molecule has 0 amide bonds. The lowest BCUT2D eigenvalue weighted by Gasteiger charge is -2.39. The predicted molar refractivity (Wildman–Crippen MR) is 98.2 cm³/mol. The summed E-state index contributed by atoms with van der Waals surface area (Å²) in [7, 11) is -0.670. The van der Waals surface area contributed by atoms with Gasteiger partial charge in [0.15, 0.2) is 11.5 Å². The molecule has 2 aromatic rings. The summed E-state index contributed by atoms with van der Waals surface area (Å²) >= 11 is 0. The van der Waals surface area contributed by atoms with Crippen molar-refractivity contribution in [2.45, 2.75) is 30.6 Å². The Balaban J connectivity index is 2.10. The van der Waals surface area contributed by atoms with E-state index in [9.17, 15) is 8.42 Å². The number of nitrogens with zero attached hydrogens (tertiary/aromatic N) is 1. The van der Waals surface area contributed by atoms with Crippen LogP contribution in [0.3, 0.4) is 0 Å². The minimum absolute atomic E-state index is 0.0553. The van der Waals surface area contributed by atoms with E-state index >= 15 is 0 Å².